The molecule has 1 aromatic rings. The Morgan fingerprint density at radius 3 is 2.35 bits per heavy atom. The van der Waals surface area contributed by atoms with Crippen LogP contribution >= 0.6 is 12.4 Å². The van der Waals surface area contributed by atoms with E-state index in [9.17, 15) is 4.79 Å². The van der Waals surface area contributed by atoms with E-state index in [0.29, 0.717) is 18.7 Å². The van der Waals surface area contributed by atoms with Crippen molar-refractivity contribution in [1.82, 2.24) is 4.90 Å². The molecule has 23 heavy (non-hydrogen) atoms. The van der Waals surface area contributed by atoms with Crippen LogP contribution in [0.25, 0.3) is 0 Å². The number of amides is 1. The van der Waals surface area contributed by atoms with E-state index in [0.717, 1.165) is 18.8 Å². The van der Waals surface area contributed by atoms with Crippen molar-refractivity contribution in [3.8, 4) is 5.75 Å². The molecule has 0 spiro atoms. The number of carbonyl (C=O) groups excluding carboxylic acids is 1. The molecule has 0 bridgehead atoms. The number of benzene rings is 1. The SMILES string of the molecule is CCCCCOc1ccc(C(=O)N(C)CC(C)(C)CN)cc1.Cl. The van der Waals surface area contributed by atoms with Crippen LogP contribution in [-0.2, 0) is 0 Å². The largest absolute Gasteiger partial charge is 0.494 e. The first-order valence-corrected chi connectivity index (χ1v) is 8.08. The summed E-state index contributed by atoms with van der Waals surface area (Å²) in [4.78, 5) is 14.1. The molecule has 1 rings (SSSR count). The van der Waals surface area contributed by atoms with Crippen LogP contribution in [-0.4, -0.2) is 37.6 Å². The molecule has 0 aliphatic rings. The molecule has 1 amide bonds. The summed E-state index contributed by atoms with van der Waals surface area (Å²) in [6, 6.07) is 7.37. The minimum absolute atomic E-state index is 0. The van der Waals surface area contributed by atoms with Gasteiger partial charge in [0.25, 0.3) is 5.91 Å². The summed E-state index contributed by atoms with van der Waals surface area (Å²) in [6.07, 6.45) is 3.43. The highest BCUT2D eigenvalue weighted by molar-refractivity contribution is 5.94. The van der Waals surface area contributed by atoms with Crippen molar-refractivity contribution < 1.29 is 9.53 Å². The number of nitrogens with zero attached hydrogens (tertiary/aromatic N) is 1. The van der Waals surface area contributed by atoms with E-state index in [1.54, 1.807) is 4.90 Å². The number of nitrogens with two attached hydrogens (primary N) is 1. The Hall–Kier alpha value is -1.26. The average Bonchev–Trinajstić information content (AvgIpc) is 2.51. The topological polar surface area (TPSA) is 55.6 Å². The van der Waals surface area contributed by atoms with E-state index in [-0.39, 0.29) is 23.7 Å². The Labute approximate surface area is 146 Å². The second kappa shape index (κ2) is 10.5. The molecule has 0 aliphatic heterocycles. The quantitative estimate of drug-likeness (QED) is 0.695. The fraction of sp³-hybridized carbons (Fsp3) is 0.611. The molecule has 0 atom stereocenters. The Morgan fingerprint density at radius 1 is 1.22 bits per heavy atom. The Kier molecular flexibility index (Phi) is 9.93. The summed E-state index contributed by atoms with van der Waals surface area (Å²) in [6.45, 7) is 8.20. The molecule has 0 aromatic heterocycles. The van der Waals surface area contributed by atoms with E-state index in [1.165, 1.54) is 12.8 Å². The highest BCUT2D eigenvalue weighted by Gasteiger charge is 2.21. The van der Waals surface area contributed by atoms with Crippen molar-refractivity contribution in [3.05, 3.63) is 29.8 Å². The van der Waals surface area contributed by atoms with Crippen molar-refractivity contribution >= 4 is 18.3 Å². The van der Waals surface area contributed by atoms with Crippen LogP contribution < -0.4 is 10.5 Å². The molecule has 0 heterocycles. The standard InChI is InChI=1S/C18H30N2O2.ClH/c1-5-6-7-12-22-16-10-8-15(9-11-16)17(21)20(4)14-18(2,3)13-19;/h8-11H,5-7,12-14,19H2,1-4H3;1H. The lowest BCUT2D eigenvalue weighted by molar-refractivity contribution is 0.0740. The summed E-state index contributed by atoms with van der Waals surface area (Å²) in [5, 5.41) is 0. The van der Waals surface area contributed by atoms with Gasteiger partial charge in [-0.25, -0.2) is 0 Å². The third kappa shape index (κ3) is 7.71. The molecule has 5 heteroatoms. The maximum absolute atomic E-state index is 12.4. The first-order valence-electron chi connectivity index (χ1n) is 8.08. The molecule has 2 N–H and O–H groups in total. The van der Waals surface area contributed by atoms with Gasteiger partial charge in [-0.15, -0.1) is 12.4 Å². The minimum Gasteiger partial charge on any atom is -0.494 e. The van der Waals surface area contributed by atoms with Gasteiger partial charge in [-0.2, -0.15) is 0 Å². The number of unbranched alkanes of at least 4 members (excludes halogenated alkanes) is 2. The fourth-order valence-corrected chi connectivity index (χ4v) is 2.23. The van der Waals surface area contributed by atoms with Gasteiger partial charge in [-0.3, -0.25) is 4.79 Å². The second-order valence-electron chi connectivity index (χ2n) is 6.61. The molecule has 0 saturated heterocycles. The van der Waals surface area contributed by atoms with E-state index < -0.39 is 0 Å². The summed E-state index contributed by atoms with van der Waals surface area (Å²) in [5.41, 5.74) is 6.33. The first-order chi connectivity index (χ1) is 10.4. The number of rotatable bonds is 9. The number of ether oxygens (including phenoxy) is 1. The predicted octanol–water partition coefficient (Wildman–Crippen LogP) is 3.73. The maximum atomic E-state index is 12.4. The number of hydrogen-bond acceptors (Lipinski definition) is 3. The van der Waals surface area contributed by atoms with Gasteiger partial charge in [0.1, 0.15) is 5.75 Å². The van der Waals surface area contributed by atoms with Gasteiger partial charge in [0.05, 0.1) is 6.61 Å². The zero-order chi connectivity index (χ0) is 16.6. The lowest BCUT2D eigenvalue weighted by Gasteiger charge is -2.29. The fourth-order valence-electron chi connectivity index (χ4n) is 2.23. The summed E-state index contributed by atoms with van der Waals surface area (Å²) in [5.74, 6) is 0.830. The zero-order valence-corrected chi connectivity index (χ0v) is 15.6. The number of halogens is 1. The maximum Gasteiger partial charge on any atom is 0.253 e. The monoisotopic (exact) mass is 342 g/mol. The van der Waals surface area contributed by atoms with Crippen molar-refractivity contribution in [2.45, 2.75) is 40.0 Å². The van der Waals surface area contributed by atoms with Crippen LogP contribution in [0.3, 0.4) is 0 Å². The van der Waals surface area contributed by atoms with Crippen molar-refractivity contribution in [2.24, 2.45) is 11.1 Å². The molecule has 4 nitrogen and oxygen atoms in total. The van der Waals surface area contributed by atoms with Crippen LogP contribution in [0.4, 0.5) is 0 Å². The lowest BCUT2D eigenvalue weighted by atomic mass is 9.93. The van der Waals surface area contributed by atoms with E-state index >= 15 is 0 Å². The van der Waals surface area contributed by atoms with Gasteiger partial charge in [0, 0.05) is 19.2 Å². The van der Waals surface area contributed by atoms with E-state index in [4.69, 9.17) is 10.5 Å². The molecule has 0 fully saturated rings. The second-order valence-corrected chi connectivity index (χ2v) is 6.61. The Morgan fingerprint density at radius 2 is 1.83 bits per heavy atom. The molecular formula is C18H31ClN2O2. The van der Waals surface area contributed by atoms with E-state index in [1.807, 2.05) is 31.3 Å². The lowest BCUT2D eigenvalue weighted by Crippen LogP contribution is -2.39. The molecule has 0 saturated carbocycles. The molecule has 1 aromatic carbocycles. The Bertz CT molecular complexity index is 461. The smallest absolute Gasteiger partial charge is 0.253 e. The highest BCUT2D eigenvalue weighted by Crippen LogP contribution is 2.17. The van der Waals surface area contributed by atoms with Gasteiger partial charge in [0.2, 0.25) is 0 Å². The molecule has 0 unspecified atom stereocenters. The van der Waals surface area contributed by atoms with Gasteiger partial charge >= 0.3 is 0 Å². The highest BCUT2D eigenvalue weighted by atomic mass is 35.5. The van der Waals surface area contributed by atoms with Crippen LogP contribution in [0.15, 0.2) is 24.3 Å². The van der Waals surface area contributed by atoms with Crippen LogP contribution in [0.1, 0.15) is 50.4 Å². The minimum atomic E-state index is -0.0766. The van der Waals surface area contributed by atoms with Gasteiger partial charge in [-0.1, -0.05) is 33.6 Å². The van der Waals surface area contributed by atoms with Crippen molar-refractivity contribution in [2.75, 3.05) is 26.7 Å². The molecular weight excluding hydrogens is 312 g/mol. The van der Waals surface area contributed by atoms with E-state index in [2.05, 4.69) is 20.8 Å². The third-order valence-corrected chi connectivity index (χ3v) is 3.68. The van der Waals surface area contributed by atoms with Crippen molar-refractivity contribution in [1.29, 1.82) is 0 Å². The normalized spacial score (nSPS) is 10.8. The van der Waals surface area contributed by atoms with Crippen LogP contribution in [0.5, 0.6) is 5.75 Å². The molecule has 0 radical (unpaired) electrons. The number of carbonyl (C=O) groups is 1. The zero-order valence-electron chi connectivity index (χ0n) is 14.8. The van der Waals surface area contributed by atoms with Gasteiger partial charge in [-0.05, 0) is 42.6 Å². The third-order valence-electron chi connectivity index (χ3n) is 3.68. The van der Waals surface area contributed by atoms with Crippen molar-refractivity contribution in [3.63, 3.8) is 0 Å². The molecule has 132 valence electrons. The van der Waals surface area contributed by atoms with Gasteiger partial charge in [0.15, 0.2) is 0 Å². The first kappa shape index (κ1) is 21.7. The summed E-state index contributed by atoms with van der Waals surface area (Å²) < 4.78 is 5.66. The summed E-state index contributed by atoms with van der Waals surface area (Å²) in [7, 11) is 1.81. The molecule has 0 aliphatic carbocycles. The number of hydrogen-bond donors (Lipinski definition) is 1. The predicted molar refractivity (Wildman–Crippen MR) is 98.5 cm³/mol. The van der Waals surface area contributed by atoms with Crippen LogP contribution in [0.2, 0.25) is 0 Å². The average molecular weight is 343 g/mol. The summed E-state index contributed by atoms with van der Waals surface area (Å²) >= 11 is 0. The van der Waals surface area contributed by atoms with Crippen LogP contribution in [0, 0.1) is 5.41 Å². The van der Waals surface area contributed by atoms with Gasteiger partial charge < -0.3 is 15.4 Å². The Balaban J connectivity index is 0.00000484.